The van der Waals surface area contributed by atoms with Crippen LogP contribution < -0.4 is 10.2 Å². The van der Waals surface area contributed by atoms with Gasteiger partial charge < -0.3 is 10.2 Å². The standard InChI is InChI=1S/C15H19ClN2/c1-2-18(15-9-7-13(16)8-10-15)12-14-6-4-3-5-11-17-14/h5-11,17H,2-4,12H2,1H3. The third-order valence-electron chi connectivity index (χ3n) is 3.05. The van der Waals surface area contributed by atoms with E-state index in [0.717, 1.165) is 31.0 Å². The highest BCUT2D eigenvalue weighted by atomic mass is 35.5. The first kappa shape index (κ1) is 13.0. The highest BCUT2D eigenvalue weighted by Gasteiger charge is 2.07. The average molecular weight is 263 g/mol. The zero-order chi connectivity index (χ0) is 12.8. The number of likely N-dealkylation sites (N-methyl/N-ethyl adjacent to an activating group) is 1. The second-order valence-corrected chi connectivity index (χ2v) is 4.78. The van der Waals surface area contributed by atoms with Gasteiger partial charge in [-0.2, -0.15) is 0 Å². The molecule has 0 aliphatic carbocycles. The lowest BCUT2D eigenvalue weighted by atomic mass is 10.2. The van der Waals surface area contributed by atoms with Crippen molar-refractivity contribution < 1.29 is 0 Å². The summed E-state index contributed by atoms with van der Waals surface area (Å²) in [5.41, 5.74) is 2.47. The van der Waals surface area contributed by atoms with Gasteiger partial charge in [-0.25, -0.2) is 0 Å². The van der Waals surface area contributed by atoms with E-state index in [0.29, 0.717) is 0 Å². The molecule has 1 aliphatic heterocycles. The van der Waals surface area contributed by atoms with Crippen molar-refractivity contribution in [2.45, 2.75) is 19.8 Å². The van der Waals surface area contributed by atoms with E-state index < -0.39 is 0 Å². The molecular weight excluding hydrogens is 244 g/mol. The van der Waals surface area contributed by atoms with Gasteiger partial charge in [-0.1, -0.05) is 23.8 Å². The molecule has 0 aromatic heterocycles. The van der Waals surface area contributed by atoms with Crippen molar-refractivity contribution >= 4 is 17.3 Å². The first-order valence-corrected chi connectivity index (χ1v) is 6.78. The summed E-state index contributed by atoms with van der Waals surface area (Å²) in [4.78, 5) is 2.33. The predicted molar refractivity (Wildman–Crippen MR) is 78.9 cm³/mol. The summed E-state index contributed by atoms with van der Waals surface area (Å²) >= 11 is 5.92. The smallest absolute Gasteiger partial charge is 0.0576 e. The topological polar surface area (TPSA) is 15.3 Å². The summed E-state index contributed by atoms with van der Waals surface area (Å²) in [6, 6.07) is 8.01. The minimum Gasteiger partial charge on any atom is -0.366 e. The van der Waals surface area contributed by atoms with Crippen molar-refractivity contribution in [1.82, 2.24) is 5.32 Å². The molecule has 0 spiro atoms. The molecule has 0 amide bonds. The molecule has 0 bridgehead atoms. The van der Waals surface area contributed by atoms with E-state index in [1.54, 1.807) is 0 Å². The Bertz CT molecular complexity index is 434. The fourth-order valence-corrected chi connectivity index (χ4v) is 2.14. The molecule has 1 aliphatic rings. The van der Waals surface area contributed by atoms with Crippen molar-refractivity contribution in [2.75, 3.05) is 18.0 Å². The molecule has 2 nitrogen and oxygen atoms in total. The van der Waals surface area contributed by atoms with Crippen LogP contribution in [0.4, 0.5) is 5.69 Å². The molecule has 3 heteroatoms. The molecule has 0 unspecified atom stereocenters. The van der Waals surface area contributed by atoms with Gasteiger partial charge >= 0.3 is 0 Å². The second-order valence-electron chi connectivity index (χ2n) is 4.34. The Morgan fingerprint density at radius 3 is 2.72 bits per heavy atom. The third kappa shape index (κ3) is 3.54. The van der Waals surface area contributed by atoms with Gasteiger partial charge in [-0.05, 0) is 50.2 Å². The Morgan fingerprint density at radius 2 is 2.00 bits per heavy atom. The highest BCUT2D eigenvalue weighted by molar-refractivity contribution is 6.30. The van der Waals surface area contributed by atoms with Crippen molar-refractivity contribution in [1.29, 1.82) is 0 Å². The Balaban J connectivity index is 2.07. The number of rotatable bonds is 4. The van der Waals surface area contributed by atoms with Gasteiger partial charge in [-0.15, -0.1) is 0 Å². The number of halogens is 1. The molecule has 0 radical (unpaired) electrons. The number of nitrogens with zero attached hydrogens (tertiary/aromatic N) is 1. The van der Waals surface area contributed by atoms with Crippen molar-refractivity contribution in [3.63, 3.8) is 0 Å². The molecule has 1 aromatic carbocycles. The van der Waals surface area contributed by atoms with Gasteiger partial charge in [0.1, 0.15) is 0 Å². The number of allylic oxidation sites excluding steroid dienone is 2. The molecular formula is C15H19ClN2. The summed E-state index contributed by atoms with van der Waals surface area (Å²) in [5.74, 6) is 0. The third-order valence-corrected chi connectivity index (χ3v) is 3.30. The first-order valence-electron chi connectivity index (χ1n) is 6.40. The maximum atomic E-state index is 5.92. The monoisotopic (exact) mass is 262 g/mol. The largest absolute Gasteiger partial charge is 0.366 e. The Hall–Kier alpha value is -1.41. The van der Waals surface area contributed by atoms with Crippen molar-refractivity contribution in [2.24, 2.45) is 0 Å². The summed E-state index contributed by atoms with van der Waals surface area (Å²) in [7, 11) is 0. The number of nitrogens with one attached hydrogen (secondary N) is 1. The first-order chi connectivity index (χ1) is 8.79. The lowest BCUT2D eigenvalue weighted by Crippen LogP contribution is -2.28. The lowest BCUT2D eigenvalue weighted by molar-refractivity contribution is 0.835. The Kier molecular flexibility index (Phi) is 4.71. The van der Waals surface area contributed by atoms with Crippen molar-refractivity contribution in [3.8, 4) is 0 Å². The quantitative estimate of drug-likeness (QED) is 0.884. The summed E-state index contributed by atoms with van der Waals surface area (Å²) in [6.45, 7) is 4.05. The summed E-state index contributed by atoms with van der Waals surface area (Å²) in [6.07, 6.45) is 8.70. The fraction of sp³-hybridized carbons (Fsp3) is 0.333. The molecule has 1 heterocycles. The van der Waals surface area contributed by atoms with E-state index >= 15 is 0 Å². The average Bonchev–Trinajstić information content (AvgIpc) is 2.66. The van der Waals surface area contributed by atoms with E-state index in [4.69, 9.17) is 11.6 Å². The van der Waals surface area contributed by atoms with Gasteiger partial charge in [0.25, 0.3) is 0 Å². The summed E-state index contributed by atoms with van der Waals surface area (Å²) in [5, 5.41) is 4.12. The minimum absolute atomic E-state index is 0.782. The van der Waals surface area contributed by atoms with E-state index in [2.05, 4.69) is 41.4 Å². The maximum Gasteiger partial charge on any atom is 0.0576 e. The van der Waals surface area contributed by atoms with Gasteiger partial charge in [0, 0.05) is 23.0 Å². The Morgan fingerprint density at radius 1 is 1.22 bits per heavy atom. The van der Waals surface area contributed by atoms with Crippen LogP contribution in [0.2, 0.25) is 5.02 Å². The van der Waals surface area contributed by atoms with Crippen LogP contribution in [0.25, 0.3) is 0 Å². The molecule has 1 N–H and O–H groups in total. The number of benzene rings is 1. The van der Waals surface area contributed by atoms with Crippen LogP contribution in [0.15, 0.2) is 48.3 Å². The molecule has 18 heavy (non-hydrogen) atoms. The number of hydrogen-bond acceptors (Lipinski definition) is 2. The van der Waals surface area contributed by atoms with Crippen LogP contribution in [-0.4, -0.2) is 13.1 Å². The number of anilines is 1. The van der Waals surface area contributed by atoms with Crippen LogP contribution >= 0.6 is 11.6 Å². The normalized spacial score (nSPS) is 14.7. The zero-order valence-electron chi connectivity index (χ0n) is 10.7. The van der Waals surface area contributed by atoms with E-state index in [1.807, 2.05) is 18.3 Å². The second kappa shape index (κ2) is 6.50. The molecule has 0 atom stereocenters. The SMILES string of the molecule is CCN(CC1=CCCC=CN1)c1ccc(Cl)cc1. The van der Waals surface area contributed by atoms with E-state index in [9.17, 15) is 0 Å². The molecule has 1 aromatic rings. The van der Waals surface area contributed by atoms with Gasteiger partial charge in [-0.3, -0.25) is 0 Å². The molecule has 0 saturated heterocycles. The van der Waals surface area contributed by atoms with Crippen LogP contribution in [0.1, 0.15) is 19.8 Å². The van der Waals surface area contributed by atoms with E-state index in [-0.39, 0.29) is 0 Å². The van der Waals surface area contributed by atoms with Crippen LogP contribution in [-0.2, 0) is 0 Å². The maximum absolute atomic E-state index is 5.92. The van der Waals surface area contributed by atoms with Crippen LogP contribution in [0.5, 0.6) is 0 Å². The van der Waals surface area contributed by atoms with Crippen LogP contribution in [0, 0.1) is 0 Å². The highest BCUT2D eigenvalue weighted by Crippen LogP contribution is 2.19. The van der Waals surface area contributed by atoms with E-state index in [1.165, 1.54) is 11.4 Å². The summed E-state index contributed by atoms with van der Waals surface area (Å²) < 4.78 is 0. The van der Waals surface area contributed by atoms with Crippen molar-refractivity contribution in [3.05, 3.63) is 53.3 Å². The predicted octanol–water partition coefficient (Wildman–Crippen LogP) is 3.95. The minimum atomic E-state index is 0.782. The van der Waals surface area contributed by atoms with Gasteiger partial charge in [0.15, 0.2) is 0 Å². The molecule has 0 saturated carbocycles. The molecule has 2 rings (SSSR count). The molecule has 96 valence electrons. The molecule has 0 fully saturated rings. The zero-order valence-corrected chi connectivity index (χ0v) is 11.5. The number of hydrogen-bond donors (Lipinski definition) is 1. The Labute approximate surface area is 114 Å². The van der Waals surface area contributed by atoms with Gasteiger partial charge in [0.2, 0.25) is 0 Å². The van der Waals surface area contributed by atoms with Gasteiger partial charge in [0.05, 0.1) is 6.54 Å². The fourth-order valence-electron chi connectivity index (χ4n) is 2.02. The van der Waals surface area contributed by atoms with Crippen LogP contribution in [0.3, 0.4) is 0 Å². The lowest BCUT2D eigenvalue weighted by Gasteiger charge is -2.24.